The van der Waals surface area contributed by atoms with E-state index >= 15 is 0 Å². The van der Waals surface area contributed by atoms with Gasteiger partial charge in [-0.15, -0.1) is 0 Å². The number of nitrogens with zero attached hydrogens (tertiary/aromatic N) is 2. The molecule has 0 spiro atoms. The van der Waals surface area contributed by atoms with Gasteiger partial charge < -0.3 is 14.3 Å². The van der Waals surface area contributed by atoms with Crippen LogP contribution in [0.4, 0.5) is 0 Å². The number of furan rings is 1. The normalized spacial score (nSPS) is 11.1. The Balaban J connectivity index is 1.43. The van der Waals surface area contributed by atoms with Gasteiger partial charge in [0.15, 0.2) is 5.76 Å². The summed E-state index contributed by atoms with van der Waals surface area (Å²) in [5, 5.41) is 7.86. The smallest absolute Gasteiger partial charge is 0.287 e. The van der Waals surface area contributed by atoms with Gasteiger partial charge in [0, 0.05) is 29.5 Å². The zero-order valence-electron chi connectivity index (χ0n) is 16.1. The fraction of sp³-hybridized carbons (Fsp3) is 0.227. The van der Waals surface area contributed by atoms with Crippen molar-refractivity contribution in [3.8, 4) is 11.4 Å². The number of nitrogens with one attached hydrogen (secondary N) is 1. The third-order valence-corrected chi connectivity index (χ3v) is 4.70. The van der Waals surface area contributed by atoms with E-state index in [9.17, 15) is 4.79 Å². The topological polar surface area (TPSA) is 81.2 Å². The predicted molar refractivity (Wildman–Crippen MR) is 106 cm³/mol. The molecule has 4 rings (SSSR count). The second-order valence-electron chi connectivity index (χ2n) is 6.89. The highest BCUT2D eigenvalue weighted by molar-refractivity contribution is 5.99. The summed E-state index contributed by atoms with van der Waals surface area (Å²) >= 11 is 0. The van der Waals surface area contributed by atoms with Crippen molar-refractivity contribution in [2.24, 2.45) is 0 Å². The van der Waals surface area contributed by atoms with Gasteiger partial charge in [-0.2, -0.15) is 4.98 Å². The number of carbonyl (C=O) groups excluding carboxylic acids is 1. The van der Waals surface area contributed by atoms with Gasteiger partial charge in [0.05, 0.1) is 0 Å². The highest BCUT2D eigenvalue weighted by Gasteiger charge is 2.19. The number of fused-ring (bicyclic) bond motifs is 1. The molecule has 6 nitrogen and oxygen atoms in total. The first-order valence-electron chi connectivity index (χ1n) is 9.19. The minimum absolute atomic E-state index is 0.242. The Bertz CT molecular complexity index is 1140. The predicted octanol–water partition coefficient (Wildman–Crippen LogP) is 4.38. The fourth-order valence-corrected chi connectivity index (χ4v) is 3.43. The molecule has 1 amide bonds. The highest BCUT2D eigenvalue weighted by Crippen LogP contribution is 2.29. The van der Waals surface area contributed by atoms with E-state index in [2.05, 4.69) is 21.5 Å². The standard InChI is InChI=1S/C22H21N3O3/c1-13-11-14(2)19-15(3)20(27-17(19)12-13)22(26)23-10-9-18-24-21(25-28-18)16-7-5-4-6-8-16/h4-8,11-12H,9-10H2,1-3H3,(H,23,26). The zero-order valence-corrected chi connectivity index (χ0v) is 16.1. The fourth-order valence-electron chi connectivity index (χ4n) is 3.43. The lowest BCUT2D eigenvalue weighted by molar-refractivity contribution is 0.0927. The number of aryl methyl sites for hydroxylation is 3. The van der Waals surface area contributed by atoms with Crippen LogP contribution in [0.25, 0.3) is 22.4 Å². The average molecular weight is 375 g/mol. The van der Waals surface area contributed by atoms with Crippen LogP contribution in [0.15, 0.2) is 51.4 Å². The van der Waals surface area contributed by atoms with Crippen molar-refractivity contribution in [3.63, 3.8) is 0 Å². The third kappa shape index (κ3) is 3.41. The maximum absolute atomic E-state index is 12.6. The molecule has 2 aromatic carbocycles. The van der Waals surface area contributed by atoms with Crippen molar-refractivity contribution >= 4 is 16.9 Å². The Morgan fingerprint density at radius 2 is 1.89 bits per heavy atom. The van der Waals surface area contributed by atoms with Gasteiger partial charge in [-0.1, -0.05) is 41.6 Å². The summed E-state index contributed by atoms with van der Waals surface area (Å²) in [5.74, 6) is 1.13. The van der Waals surface area contributed by atoms with Gasteiger partial charge in [0.25, 0.3) is 5.91 Å². The van der Waals surface area contributed by atoms with E-state index in [1.165, 1.54) is 0 Å². The van der Waals surface area contributed by atoms with Crippen molar-refractivity contribution < 1.29 is 13.7 Å². The molecule has 0 bridgehead atoms. The number of benzene rings is 2. The van der Waals surface area contributed by atoms with E-state index in [0.717, 1.165) is 33.2 Å². The average Bonchev–Trinajstić information content (AvgIpc) is 3.27. The van der Waals surface area contributed by atoms with Crippen LogP contribution in [0.3, 0.4) is 0 Å². The van der Waals surface area contributed by atoms with Crippen molar-refractivity contribution in [2.75, 3.05) is 6.54 Å². The molecule has 28 heavy (non-hydrogen) atoms. The van der Waals surface area contributed by atoms with Crippen LogP contribution in [0, 0.1) is 20.8 Å². The number of hydrogen-bond acceptors (Lipinski definition) is 5. The Hall–Kier alpha value is -3.41. The Labute approximate surface area is 162 Å². The quantitative estimate of drug-likeness (QED) is 0.560. The van der Waals surface area contributed by atoms with Crippen molar-refractivity contribution in [2.45, 2.75) is 27.2 Å². The summed E-state index contributed by atoms with van der Waals surface area (Å²) in [7, 11) is 0. The molecule has 0 saturated carbocycles. The van der Waals surface area contributed by atoms with Gasteiger partial charge in [-0.05, 0) is 38.0 Å². The summed E-state index contributed by atoms with van der Waals surface area (Å²) < 4.78 is 11.1. The van der Waals surface area contributed by atoms with Crippen LogP contribution < -0.4 is 5.32 Å². The van der Waals surface area contributed by atoms with Gasteiger partial charge in [-0.3, -0.25) is 4.79 Å². The minimum Gasteiger partial charge on any atom is -0.451 e. The van der Waals surface area contributed by atoms with Gasteiger partial charge in [0.2, 0.25) is 11.7 Å². The van der Waals surface area contributed by atoms with Crippen LogP contribution >= 0.6 is 0 Å². The first kappa shape index (κ1) is 18.0. The van der Waals surface area contributed by atoms with Crippen molar-refractivity contribution in [3.05, 3.63) is 70.8 Å². The van der Waals surface area contributed by atoms with E-state index in [0.29, 0.717) is 30.4 Å². The van der Waals surface area contributed by atoms with E-state index in [1.54, 1.807) is 0 Å². The molecule has 2 aromatic heterocycles. The summed E-state index contributed by atoms with van der Waals surface area (Å²) in [5.41, 5.74) is 4.70. The van der Waals surface area contributed by atoms with Crippen LogP contribution in [0.5, 0.6) is 0 Å². The Morgan fingerprint density at radius 3 is 2.68 bits per heavy atom. The summed E-state index contributed by atoms with van der Waals surface area (Å²) in [4.78, 5) is 16.9. The molecular formula is C22H21N3O3. The van der Waals surface area contributed by atoms with E-state index in [-0.39, 0.29) is 5.91 Å². The lowest BCUT2D eigenvalue weighted by atomic mass is 10.0. The summed E-state index contributed by atoms with van der Waals surface area (Å²) in [6, 6.07) is 13.7. The van der Waals surface area contributed by atoms with Crippen molar-refractivity contribution in [1.29, 1.82) is 0 Å². The lowest BCUT2D eigenvalue weighted by Crippen LogP contribution is -2.25. The molecule has 4 aromatic rings. The van der Waals surface area contributed by atoms with E-state index < -0.39 is 0 Å². The largest absolute Gasteiger partial charge is 0.451 e. The second kappa shape index (κ2) is 7.31. The monoisotopic (exact) mass is 375 g/mol. The van der Waals surface area contributed by atoms with Gasteiger partial charge in [-0.25, -0.2) is 0 Å². The molecule has 0 fully saturated rings. The molecular weight excluding hydrogens is 354 g/mol. The summed E-state index contributed by atoms with van der Waals surface area (Å²) in [6.07, 6.45) is 0.447. The maximum atomic E-state index is 12.6. The lowest BCUT2D eigenvalue weighted by Gasteiger charge is -2.01. The molecule has 0 atom stereocenters. The molecule has 0 aliphatic carbocycles. The molecule has 6 heteroatoms. The molecule has 2 heterocycles. The Kier molecular flexibility index (Phi) is 4.69. The number of rotatable bonds is 5. The third-order valence-electron chi connectivity index (χ3n) is 4.70. The Morgan fingerprint density at radius 1 is 1.11 bits per heavy atom. The molecule has 0 radical (unpaired) electrons. The first-order chi connectivity index (χ1) is 13.5. The van der Waals surface area contributed by atoms with Gasteiger partial charge >= 0.3 is 0 Å². The molecule has 0 unspecified atom stereocenters. The number of carbonyl (C=O) groups is 1. The summed E-state index contributed by atoms with van der Waals surface area (Å²) in [6.45, 7) is 6.33. The SMILES string of the molecule is Cc1cc(C)c2c(C)c(C(=O)NCCc3nc(-c4ccccc4)no3)oc2c1. The van der Waals surface area contributed by atoms with Crippen LogP contribution in [0.2, 0.25) is 0 Å². The molecule has 1 N–H and O–H groups in total. The maximum Gasteiger partial charge on any atom is 0.287 e. The number of hydrogen-bond donors (Lipinski definition) is 1. The molecule has 0 saturated heterocycles. The van der Waals surface area contributed by atoms with Crippen molar-refractivity contribution in [1.82, 2.24) is 15.5 Å². The number of aromatic nitrogens is 2. The van der Waals surface area contributed by atoms with E-state index in [1.807, 2.05) is 57.2 Å². The second-order valence-corrected chi connectivity index (χ2v) is 6.89. The van der Waals surface area contributed by atoms with Crippen LogP contribution in [-0.4, -0.2) is 22.6 Å². The van der Waals surface area contributed by atoms with Crippen LogP contribution in [0.1, 0.15) is 33.1 Å². The van der Waals surface area contributed by atoms with Crippen LogP contribution in [-0.2, 0) is 6.42 Å². The molecule has 0 aliphatic rings. The molecule has 142 valence electrons. The number of amides is 1. The first-order valence-corrected chi connectivity index (χ1v) is 9.19. The molecule has 0 aliphatic heterocycles. The minimum atomic E-state index is -0.242. The van der Waals surface area contributed by atoms with E-state index in [4.69, 9.17) is 8.94 Å². The zero-order chi connectivity index (χ0) is 19.7. The highest BCUT2D eigenvalue weighted by atomic mass is 16.5. The van der Waals surface area contributed by atoms with Gasteiger partial charge in [0.1, 0.15) is 5.58 Å².